The lowest BCUT2D eigenvalue weighted by atomic mass is 9.99. The van der Waals surface area contributed by atoms with Gasteiger partial charge in [-0.3, -0.25) is 0 Å². The third-order valence-electron chi connectivity index (χ3n) is 2.73. The molecule has 0 fully saturated rings. The van der Waals surface area contributed by atoms with Crippen molar-refractivity contribution in [2.75, 3.05) is 0 Å². The van der Waals surface area contributed by atoms with E-state index in [1.807, 2.05) is 19.6 Å². The first kappa shape index (κ1) is 18.6. The van der Waals surface area contributed by atoms with Gasteiger partial charge >= 0.3 is 12.4 Å². The molecule has 0 nitrogen and oxygen atoms in total. The number of alkyl halides is 6. The summed E-state index contributed by atoms with van der Waals surface area (Å²) in [6.45, 7) is 6.00. The summed E-state index contributed by atoms with van der Waals surface area (Å²) in [6.07, 6.45) is -9.44. The molecule has 0 aromatic heterocycles. The van der Waals surface area contributed by atoms with E-state index < -0.39 is 31.6 Å². The van der Waals surface area contributed by atoms with Gasteiger partial charge in [-0.25, -0.2) is 0 Å². The van der Waals surface area contributed by atoms with Gasteiger partial charge in [-0.1, -0.05) is 25.7 Å². The lowest BCUT2D eigenvalue weighted by Crippen LogP contribution is -2.16. The van der Waals surface area contributed by atoms with Gasteiger partial charge in [0.2, 0.25) is 0 Å². The summed E-state index contributed by atoms with van der Waals surface area (Å²) >= 11 is 0. The molecule has 0 heterocycles. The quantitative estimate of drug-likeness (QED) is 0.377. The molecule has 0 unspecified atom stereocenters. The molecule has 0 N–H and O–H groups in total. The van der Waals surface area contributed by atoms with Crippen LogP contribution in [-0.4, -0.2) is 8.07 Å². The highest BCUT2D eigenvalue weighted by atomic mass is 28.3. The second-order valence-corrected chi connectivity index (χ2v) is 10.7. The molecule has 122 valence electrons. The highest BCUT2D eigenvalue weighted by Crippen LogP contribution is 2.37. The van der Waals surface area contributed by atoms with Gasteiger partial charge < -0.3 is 0 Å². The largest absolute Gasteiger partial charge is 0.416 e. The number of halogens is 6. The Kier molecular flexibility index (Phi) is 5.39. The van der Waals surface area contributed by atoms with E-state index in [0.29, 0.717) is 6.07 Å². The van der Waals surface area contributed by atoms with Gasteiger partial charge in [0.1, 0.15) is 8.07 Å². The minimum atomic E-state index is -4.82. The van der Waals surface area contributed by atoms with Crippen molar-refractivity contribution in [1.82, 2.24) is 0 Å². The molecule has 7 heteroatoms. The van der Waals surface area contributed by atoms with Crippen LogP contribution in [0.15, 0.2) is 18.2 Å². The van der Waals surface area contributed by atoms with E-state index in [4.69, 9.17) is 0 Å². The smallest absolute Gasteiger partial charge is 0.166 e. The predicted molar refractivity (Wildman–Crippen MR) is 75.9 cm³/mol. The zero-order chi connectivity index (χ0) is 17.2. The molecule has 0 saturated carbocycles. The normalized spacial score (nSPS) is 12.8. The van der Waals surface area contributed by atoms with E-state index >= 15 is 0 Å². The van der Waals surface area contributed by atoms with E-state index in [2.05, 4.69) is 11.5 Å². The Morgan fingerprint density at radius 1 is 0.955 bits per heavy atom. The molecule has 0 aliphatic rings. The molecule has 0 bridgehead atoms. The molecule has 0 saturated heterocycles. The first-order valence-electron chi connectivity index (χ1n) is 6.58. The minimum absolute atomic E-state index is 0.0234. The van der Waals surface area contributed by atoms with Crippen LogP contribution in [0.3, 0.4) is 0 Å². The highest BCUT2D eigenvalue weighted by molar-refractivity contribution is 6.83. The lowest BCUT2D eigenvalue weighted by molar-refractivity contribution is -0.143. The van der Waals surface area contributed by atoms with Crippen LogP contribution in [0, 0.1) is 11.5 Å². The van der Waals surface area contributed by atoms with Crippen LogP contribution in [0.1, 0.15) is 23.1 Å². The Morgan fingerprint density at radius 3 is 2.00 bits per heavy atom. The van der Waals surface area contributed by atoms with E-state index in [1.165, 1.54) is 0 Å². The third kappa shape index (κ3) is 5.76. The van der Waals surface area contributed by atoms with Crippen molar-refractivity contribution in [3.05, 3.63) is 34.9 Å². The highest BCUT2D eigenvalue weighted by Gasteiger charge is 2.37. The molecule has 0 atom stereocenters. The summed E-state index contributed by atoms with van der Waals surface area (Å²) in [7, 11) is -1.61. The SMILES string of the molecule is C[Si](C)(C)C#CCCc1ccc(C(F)(F)F)cc1C(F)(F)F. The van der Waals surface area contributed by atoms with Crippen LogP contribution in [-0.2, 0) is 18.8 Å². The van der Waals surface area contributed by atoms with Gasteiger partial charge in [0, 0.05) is 6.42 Å². The predicted octanol–water partition coefficient (Wildman–Crippen LogP) is 5.54. The van der Waals surface area contributed by atoms with Gasteiger partial charge in [0.05, 0.1) is 11.1 Å². The molecule has 1 aromatic rings. The second kappa shape index (κ2) is 6.37. The van der Waals surface area contributed by atoms with Crippen LogP contribution in [0.5, 0.6) is 0 Å². The van der Waals surface area contributed by atoms with Crippen molar-refractivity contribution in [3.8, 4) is 11.5 Å². The monoisotopic (exact) mass is 338 g/mol. The maximum atomic E-state index is 12.9. The molecule has 1 aromatic carbocycles. The Balaban J connectivity index is 3.07. The lowest BCUT2D eigenvalue weighted by Gasteiger charge is -2.15. The first-order valence-corrected chi connectivity index (χ1v) is 10.1. The summed E-state index contributed by atoms with van der Waals surface area (Å²) in [5.41, 5.74) is 0.318. The molecular weight excluding hydrogens is 322 g/mol. The van der Waals surface area contributed by atoms with E-state index in [1.54, 1.807) is 0 Å². The average Bonchev–Trinajstić information content (AvgIpc) is 2.31. The molecule has 22 heavy (non-hydrogen) atoms. The molecule has 0 amide bonds. The van der Waals surface area contributed by atoms with Gasteiger partial charge in [-0.2, -0.15) is 26.3 Å². The zero-order valence-electron chi connectivity index (χ0n) is 12.4. The topological polar surface area (TPSA) is 0 Å². The Morgan fingerprint density at radius 2 is 1.55 bits per heavy atom. The second-order valence-electron chi connectivity index (χ2n) is 5.92. The van der Waals surface area contributed by atoms with Crippen LogP contribution < -0.4 is 0 Å². The van der Waals surface area contributed by atoms with Crippen LogP contribution >= 0.6 is 0 Å². The molecule has 0 spiro atoms. The number of aryl methyl sites for hydroxylation is 1. The van der Waals surface area contributed by atoms with Crippen LogP contribution in [0.2, 0.25) is 19.6 Å². The Bertz CT molecular complexity index is 581. The number of benzene rings is 1. The standard InChI is InChI=1S/C15H16F6Si/c1-22(2,3)9-5-4-6-11-7-8-12(14(16,17)18)10-13(11)15(19,20)21/h7-8,10H,4,6H2,1-3H3. The van der Waals surface area contributed by atoms with Crippen molar-refractivity contribution in [1.29, 1.82) is 0 Å². The maximum absolute atomic E-state index is 12.9. The Labute approximate surface area is 126 Å². The fourth-order valence-electron chi connectivity index (χ4n) is 1.76. The average molecular weight is 338 g/mol. The first-order chi connectivity index (χ1) is 9.81. The number of hydrogen-bond acceptors (Lipinski definition) is 0. The van der Waals surface area contributed by atoms with Crippen LogP contribution in [0.4, 0.5) is 26.3 Å². The molecule has 1 rings (SSSR count). The van der Waals surface area contributed by atoms with Crippen molar-refractivity contribution >= 4 is 8.07 Å². The van der Waals surface area contributed by atoms with Gasteiger partial charge in [0.15, 0.2) is 0 Å². The summed E-state index contributed by atoms with van der Waals surface area (Å²) < 4.78 is 76.4. The fourth-order valence-corrected chi connectivity index (χ4v) is 2.41. The maximum Gasteiger partial charge on any atom is 0.416 e. The van der Waals surface area contributed by atoms with E-state index in [9.17, 15) is 26.3 Å². The molecule has 0 aliphatic heterocycles. The molecular formula is C15H16F6Si. The van der Waals surface area contributed by atoms with Crippen molar-refractivity contribution < 1.29 is 26.3 Å². The van der Waals surface area contributed by atoms with Crippen molar-refractivity contribution in [3.63, 3.8) is 0 Å². The van der Waals surface area contributed by atoms with E-state index in [0.717, 1.165) is 6.07 Å². The summed E-state index contributed by atoms with van der Waals surface area (Å²) in [5.74, 6) is 2.82. The Hall–Kier alpha value is -1.42. The third-order valence-corrected chi connectivity index (χ3v) is 3.65. The van der Waals surface area contributed by atoms with Gasteiger partial charge in [-0.15, -0.1) is 11.5 Å². The van der Waals surface area contributed by atoms with E-state index in [-0.39, 0.29) is 24.5 Å². The van der Waals surface area contributed by atoms with Crippen molar-refractivity contribution in [2.24, 2.45) is 0 Å². The van der Waals surface area contributed by atoms with Gasteiger partial charge in [0.25, 0.3) is 0 Å². The minimum Gasteiger partial charge on any atom is -0.166 e. The number of rotatable bonds is 2. The summed E-state index contributed by atoms with van der Waals surface area (Å²) in [4.78, 5) is 0. The van der Waals surface area contributed by atoms with Crippen molar-refractivity contribution in [2.45, 2.75) is 44.8 Å². The van der Waals surface area contributed by atoms with Gasteiger partial charge in [-0.05, 0) is 24.1 Å². The fraction of sp³-hybridized carbons (Fsp3) is 0.467. The zero-order valence-corrected chi connectivity index (χ0v) is 13.4. The molecule has 0 aliphatic carbocycles. The summed E-state index contributed by atoms with van der Waals surface area (Å²) in [6, 6.07) is 1.74. The molecule has 0 radical (unpaired) electrons. The summed E-state index contributed by atoms with van der Waals surface area (Å²) in [5, 5.41) is 0. The number of hydrogen-bond donors (Lipinski definition) is 0. The van der Waals surface area contributed by atoms with Crippen LogP contribution in [0.25, 0.3) is 0 Å².